The number of hydrogen-bond acceptors (Lipinski definition) is 3. The molecule has 10 heteroatoms. The highest BCUT2D eigenvalue weighted by Gasteiger charge is 2.39. The van der Waals surface area contributed by atoms with Crippen LogP contribution in [0.1, 0.15) is 42.0 Å². The van der Waals surface area contributed by atoms with Crippen molar-refractivity contribution in [1.29, 1.82) is 5.26 Å². The fourth-order valence-corrected chi connectivity index (χ4v) is 3.17. The number of rotatable bonds is 9. The van der Waals surface area contributed by atoms with Crippen molar-refractivity contribution < 1.29 is 40.2 Å². The Hall–Kier alpha value is -3.74. The van der Waals surface area contributed by atoms with E-state index < -0.39 is 57.9 Å². The van der Waals surface area contributed by atoms with Crippen molar-refractivity contribution in [1.82, 2.24) is 0 Å². The maximum atomic E-state index is 14.5. The van der Waals surface area contributed by atoms with Crippen LogP contribution < -0.4 is 9.47 Å². The molecule has 184 valence electrons. The molecule has 0 aliphatic carbocycles. The van der Waals surface area contributed by atoms with Gasteiger partial charge in [0.1, 0.15) is 40.6 Å². The van der Waals surface area contributed by atoms with Crippen LogP contribution in [0.25, 0.3) is 0 Å². The number of alkyl halides is 4. The molecule has 0 N–H and O–H groups in total. The third-order valence-electron chi connectivity index (χ3n) is 4.98. The molecule has 35 heavy (non-hydrogen) atoms. The minimum absolute atomic E-state index is 0.412. The van der Waals surface area contributed by atoms with E-state index in [-0.39, 0.29) is 0 Å². The Morgan fingerprint density at radius 2 is 1.37 bits per heavy atom. The molecule has 3 aromatic carbocycles. The van der Waals surface area contributed by atoms with Gasteiger partial charge in [0.05, 0.1) is 11.1 Å². The van der Waals surface area contributed by atoms with Gasteiger partial charge in [0.15, 0.2) is 0 Å². The van der Waals surface area contributed by atoms with Crippen LogP contribution in [0.15, 0.2) is 54.6 Å². The zero-order chi connectivity index (χ0) is 25.8. The first-order chi connectivity index (χ1) is 16.5. The van der Waals surface area contributed by atoms with Gasteiger partial charge < -0.3 is 9.47 Å². The average Bonchev–Trinajstić information content (AvgIpc) is 2.77. The molecule has 0 amide bonds. The molecule has 0 aromatic heterocycles. The van der Waals surface area contributed by atoms with Crippen LogP contribution in [-0.4, -0.2) is 0 Å². The smallest absolute Gasteiger partial charge is 0.429 e. The first-order valence-corrected chi connectivity index (χ1v) is 10.4. The van der Waals surface area contributed by atoms with Gasteiger partial charge >= 0.3 is 12.2 Å². The highest BCUT2D eigenvalue weighted by molar-refractivity contribution is 5.39. The molecule has 0 aliphatic rings. The second-order valence-corrected chi connectivity index (χ2v) is 7.55. The van der Waals surface area contributed by atoms with Gasteiger partial charge in [0.2, 0.25) is 0 Å². The summed E-state index contributed by atoms with van der Waals surface area (Å²) in [6.45, 7) is 1.94. The van der Waals surface area contributed by atoms with Crippen molar-refractivity contribution >= 4 is 0 Å². The normalized spacial score (nSPS) is 11.7. The Kier molecular flexibility index (Phi) is 7.58. The summed E-state index contributed by atoms with van der Waals surface area (Å²) >= 11 is 0. The van der Waals surface area contributed by atoms with Crippen LogP contribution in [0.5, 0.6) is 11.5 Å². The zero-order valence-corrected chi connectivity index (χ0v) is 18.2. The van der Waals surface area contributed by atoms with Crippen molar-refractivity contribution in [3.05, 3.63) is 94.3 Å². The fourth-order valence-electron chi connectivity index (χ4n) is 3.17. The van der Waals surface area contributed by atoms with Crippen LogP contribution >= 0.6 is 0 Å². The lowest BCUT2D eigenvalue weighted by Crippen LogP contribution is -2.24. The summed E-state index contributed by atoms with van der Waals surface area (Å²) < 4.78 is 108. The van der Waals surface area contributed by atoms with Crippen molar-refractivity contribution in [3.63, 3.8) is 0 Å². The summed E-state index contributed by atoms with van der Waals surface area (Å²) in [4.78, 5) is 0. The van der Waals surface area contributed by atoms with Gasteiger partial charge in [-0.25, -0.2) is 13.2 Å². The molecule has 0 unspecified atom stereocenters. The first kappa shape index (κ1) is 25.9. The molecule has 0 radical (unpaired) electrons. The van der Waals surface area contributed by atoms with Crippen LogP contribution in [0.2, 0.25) is 0 Å². The zero-order valence-electron chi connectivity index (χ0n) is 18.2. The van der Waals surface area contributed by atoms with E-state index in [2.05, 4.69) is 9.47 Å². The third-order valence-corrected chi connectivity index (χ3v) is 4.98. The minimum atomic E-state index is -4.12. The topological polar surface area (TPSA) is 42.2 Å². The van der Waals surface area contributed by atoms with E-state index in [9.17, 15) is 30.7 Å². The fraction of sp³-hybridized carbons (Fsp3) is 0.240. The quantitative estimate of drug-likeness (QED) is 0.286. The summed E-state index contributed by atoms with van der Waals surface area (Å²) in [5, 5.41) is 8.63. The molecular weight excluding hydrogens is 479 g/mol. The Morgan fingerprint density at radius 3 is 1.91 bits per heavy atom. The van der Waals surface area contributed by atoms with Gasteiger partial charge in [-0.3, -0.25) is 0 Å². The molecule has 3 aromatic rings. The van der Waals surface area contributed by atoms with Crippen molar-refractivity contribution in [2.45, 2.75) is 38.4 Å². The van der Waals surface area contributed by atoms with Gasteiger partial charge in [0, 0.05) is 12.1 Å². The predicted octanol–water partition coefficient (Wildman–Crippen LogP) is 7.57. The number of aryl methyl sites for hydroxylation is 1. The summed E-state index contributed by atoms with van der Waals surface area (Å²) in [5.74, 6) is -5.39. The maximum absolute atomic E-state index is 14.5. The molecule has 0 saturated carbocycles. The highest BCUT2D eigenvalue weighted by Crippen LogP contribution is 2.37. The molecule has 0 bridgehead atoms. The minimum Gasteiger partial charge on any atom is -0.429 e. The van der Waals surface area contributed by atoms with Gasteiger partial charge in [-0.15, -0.1) is 0 Å². The second-order valence-electron chi connectivity index (χ2n) is 7.55. The van der Waals surface area contributed by atoms with Crippen molar-refractivity contribution in [2.24, 2.45) is 0 Å². The summed E-state index contributed by atoms with van der Waals surface area (Å²) in [5.41, 5.74) is -2.27. The van der Waals surface area contributed by atoms with Crippen LogP contribution in [-0.2, 0) is 18.6 Å². The molecule has 0 heterocycles. The number of halogens is 7. The van der Waals surface area contributed by atoms with Crippen molar-refractivity contribution in [3.8, 4) is 17.6 Å². The molecule has 0 atom stereocenters. The molecule has 0 fully saturated rings. The monoisotopic (exact) mass is 497 g/mol. The lowest BCUT2D eigenvalue weighted by atomic mass is 10.1. The van der Waals surface area contributed by atoms with Crippen molar-refractivity contribution in [2.75, 3.05) is 0 Å². The standard InChI is InChI=1S/C25H18F7NO2/c1-2-3-4-15-5-10-20(23(28)11-15)25(31,32)34-17-8-6-16(7-9-17)24(29,30)35-18-12-21(26)19(14-33)22(27)13-18/h5-13H,2-4H2,1H3. The van der Waals surface area contributed by atoms with Crippen LogP contribution in [0.4, 0.5) is 30.7 Å². The third kappa shape index (κ3) is 6.04. The van der Waals surface area contributed by atoms with E-state index in [0.29, 0.717) is 36.2 Å². The van der Waals surface area contributed by atoms with Gasteiger partial charge in [0.25, 0.3) is 0 Å². The molecule has 0 spiro atoms. The summed E-state index contributed by atoms with van der Waals surface area (Å²) in [7, 11) is 0. The van der Waals surface area contributed by atoms with E-state index in [1.165, 1.54) is 12.1 Å². The van der Waals surface area contributed by atoms with Crippen LogP contribution in [0.3, 0.4) is 0 Å². The summed E-state index contributed by atoms with van der Waals surface area (Å²) in [6.07, 6.45) is -6.06. The number of ether oxygens (including phenoxy) is 2. The number of benzene rings is 3. The molecule has 0 saturated heterocycles. The van der Waals surface area contributed by atoms with E-state index in [1.807, 2.05) is 6.92 Å². The van der Waals surface area contributed by atoms with Gasteiger partial charge in [-0.05, 0) is 54.8 Å². The van der Waals surface area contributed by atoms with E-state index in [1.54, 1.807) is 0 Å². The lowest BCUT2D eigenvalue weighted by Gasteiger charge is -2.21. The van der Waals surface area contributed by atoms with Gasteiger partial charge in [-0.2, -0.15) is 22.8 Å². The predicted molar refractivity (Wildman–Crippen MR) is 112 cm³/mol. The SMILES string of the molecule is CCCCc1ccc(C(F)(F)Oc2ccc(C(F)(F)Oc3cc(F)c(C#N)c(F)c3)cc2)c(F)c1. The Balaban J connectivity index is 1.75. The number of nitrogens with zero attached hydrogens (tertiary/aromatic N) is 1. The van der Waals surface area contributed by atoms with Gasteiger partial charge in [-0.1, -0.05) is 19.4 Å². The van der Waals surface area contributed by atoms with E-state index in [0.717, 1.165) is 37.1 Å². The molecule has 3 nitrogen and oxygen atoms in total. The number of unbranched alkanes of at least 4 members (excludes halogenated alkanes) is 1. The lowest BCUT2D eigenvalue weighted by molar-refractivity contribution is -0.188. The highest BCUT2D eigenvalue weighted by atomic mass is 19.3. The second kappa shape index (κ2) is 10.3. The van der Waals surface area contributed by atoms with Crippen LogP contribution in [0, 0.1) is 28.8 Å². The molecule has 0 aliphatic heterocycles. The average molecular weight is 497 g/mol. The molecular formula is C25H18F7NO2. The number of hydrogen-bond donors (Lipinski definition) is 0. The maximum Gasteiger partial charge on any atom is 0.429 e. The van der Waals surface area contributed by atoms with E-state index >= 15 is 0 Å². The molecule has 3 rings (SSSR count). The Labute approximate surface area is 196 Å². The Bertz CT molecular complexity index is 1210. The summed E-state index contributed by atoms with van der Waals surface area (Å²) in [6, 6.07) is 8.31. The number of nitriles is 1. The largest absolute Gasteiger partial charge is 0.429 e. The van der Waals surface area contributed by atoms with E-state index in [4.69, 9.17) is 5.26 Å². The first-order valence-electron chi connectivity index (χ1n) is 10.4. The Morgan fingerprint density at radius 1 is 0.771 bits per heavy atom.